The van der Waals surface area contributed by atoms with Crippen molar-refractivity contribution in [1.82, 2.24) is 0 Å². The number of rotatable bonds is 1. The minimum atomic E-state index is -1.19. The van der Waals surface area contributed by atoms with Crippen LogP contribution in [0.1, 0.15) is 6.92 Å². The van der Waals surface area contributed by atoms with Crippen LogP contribution in [0.25, 0.3) is 0 Å². The first kappa shape index (κ1) is 9.22. The molecule has 0 radical (unpaired) electrons. The predicted molar refractivity (Wildman–Crippen MR) is 41.4 cm³/mol. The molecule has 4 atom stereocenters. The van der Waals surface area contributed by atoms with Crippen molar-refractivity contribution in [1.29, 1.82) is 0 Å². The van der Waals surface area contributed by atoms with Gasteiger partial charge in [0.1, 0.15) is 0 Å². The van der Waals surface area contributed by atoms with E-state index in [9.17, 15) is 9.90 Å². The molecule has 3 N–H and O–H groups in total. The van der Waals surface area contributed by atoms with Gasteiger partial charge in [0.2, 0.25) is 0 Å². The molecule has 0 heterocycles. The molecule has 0 aromatic rings. The fourth-order valence-electron chi connectivity index (χ4n) is 1.42. The average Bonchev–Trinajstić information content (AvgIpc) is 1.97. The minimum absolute atomic E-state index is 0.235. The number of aliphatic hydroxyl groups is 2. The van der Waals surface area contributed by atoms with Gasteiger partial charge in [-0.1, -0.05) is 19.1 Å². The van der Waals surface area contributed by atoms with Crippen molar-refractivity contribution in [2.45, 2.75) is 19.1 Å². The topological polar surface area (TPSA) is 77.8 Å². The minimum Gasteiger partial charge on any atom is -0.481 e. The van der Waals surface area contributed by atoms with Gasteiger partial charge < -0.3 is 15.3 Å². The third-order valence-corrected chi connectivity index (χ3v) is 2.18. The van der Waals surface area contributed by atoms with Gasteiger partial charge in [-0.25, -0.2) is 0 Å². The Balaban J connectivity index is 2.84. The van der Waals surface area contributed by atoms with Crippen LogP contribution in [-0.2, 0) is 4.79 Å². The maximum absolute atomic E-state index is 10.6. The monoisotopic (exact) mass is 172 g/mol. The van der Waals surface area contributed by atoms with Gasteiger partial charge in [0.05, 0.1) is 18.1 Å². The van der Waals surface area contributed by atoms with Crippen molar-refractivity contribution in [3.05, 3.63) is 12.2 Å². The quantitative estimate of drug-likeness (QED) is 0.471. The van der Waals surface area contributed by atoms with Gasteiger partial charge in [-0.3, -0.25) is 4.79 Å². The summed E-state index contributed by atoms with van der Waals surface area (Å²) in [5.41, 5.74) is 0. The highest BCUT2D eigenvalue weighted by Gasteiger charge is 2.37. The Hall–Kier alpha value is -0.870. The number of hydrogen-bond acceptors (Lipinski definition) is 3. The second kappa shape index (κ2) is 3.25. The number of carbonyl (C=O) groups is 1. The van der Waals surface area contributed by atoms with E-state index >= 15 is 0 Å². The van der Waals surface area contributed by atoms with Gasteiger partial charge in [-0.2, -0.15) is 0 Å². The SMILES string of the molecule is CC1C=CC(O)C(O)C1C(=O)O. The summed E-state index contributed by atoms with van der Waals surface area (Å²) in [5.74, 6) is -2.20. The van der Waals surface area contributed by atoms with Crippen LogP contribution in [0, 0.1) is 11.8 Å². The Bertz CT molecular complexity index is 211. The Morgan fingerprint density at radius 1 is 1.33 bits per heavy atom. The lowest BCUT2D eigenvalue weighted by molar-refractivity contribution is -0.150. The van der Waals surface area contributed by atoms with Crippen molar-refractivity contribution in [2.24, 2.45) is 11.8 Å². The molecule has 1 rings (SSSR count). The molecule has 0 aromatic heterocycles. The van der Waals surface area contributed by atoms with Crippen molar-refractivity contribution >= 4 is 5.97 Å². The molecule has 1 aliphatic carbocycles. The van der Waals surface area contributed by atoms with Crippen LogP contribution in [0.5, 0.6) is 0 Å². The van der Waals surface area contributed by atoms with Crippen molar-refractivity contribution in [2.75, 3.05) is 0 Å². The van der Waals surface area contributed by atoms with Gasteiger partial charge in [0, 0.05) is 0 Å². The van der Waals surface area contributed by atoms with Crippen LogP contribution in [0.2, 0.25) is 0 Å². The smallest absolute Gasteiger partial charge is 0.309 e. The summed E-state index contributed by atoms with van der Waals surface area (Å²) in [4.78, 5) is 10.6. The Kier molecular flexibility index (Phi) is 2.49. The molecule has 4 heteroatoms. The lowest BCUT2D eigenvalue weighted by Crippen LogP contribution is -2.42. The van der Waals surface area contributed by atoms with E-state index in [4.69, 9.17) is 10.2 Å². The van der Waals surface area contributed by atoms with Crippen LogP contribution in [-0.4, -0.2) is 33.5 Å². The Labute approximate surface area is 70.1 Å². The van der Waals surface area contributed by atoms with Crippen LogP contribution >= 0.6 is 0 Å². The third-order valence-electron chi connectivity index (χ3n) is 2.18. The van der Waals surface area contributed by atoms with E-state index in [0.717, 1.165) is 0 Å². The average molecular weight is 172 g/mol. The molecule has 0 saturated carbocycles. The summed E-state index contributed by atoms with van der Waals surface area (Å²) >= 11 is 0. The normalized spacial score (nSPS) is 41.2. The zero-order valence-corrected chi connectivity index (χ0v) is 6.71. The summed E-state index contributed by atoms with van der Waals surface area (Å²) in [6, 6.07) is 0. The molecule has 1 aliphatic rings. The van der Waals surface area contributed by atoms with Gasteiger partial charge in [0.25, 0.3) is 0 Å². The zero-order chi connectivity index (χ0) is 9.30. The molecule has 0 amide bonds. The number of hydrogen-bond donors (Lipinski definition) is 3. The molecule has 0 fully saturated rings. The van der Waals surface area contributed by atoms with Gasteiger partial charge in [-0.15, -0.1) is 0 Å². The fourth-order valence-corrected chi connectivity index (χ4v) is 1.42. The zero-order valence-electron chi connectivity index (χ0n) is 6.71. The molecule has 0 saturated heterocycles. The molecule has 4 unspecified atom stereocenters. The van der Waals surface area contributed by atoms with Gasteiger partial charge in [0.15, 0.2) is 0 Å². The summed E-state index contributed by atoms with van der Waals surface area (Å²) in [6.07, 6.45) is 0.787. The molecular formula is C8H12O4. The molecule has 0 bridgehead atoms. The van der Waals surface area contributed by atoms with E-state index in [-0.39, 0.29) is 5.92 Å². The maximum Gasteiger partial charge on any atom is 0.309 e. The predicted octanol–water partition coefficient (Wildman–Crippen LogP) is -0.385. The highest BCUT2D eigenvalue weighted by Crippen LogP contribution is 2.25. The fraction of sp³-hybridized carbons (Fsp3) is 0.625. The maximum atomic E-state index is 10.6. The van der Waals surface area contributed by atoms with Crippen LogP contribution in [0.3, 0.4) is 0 Å². The van der Waals surface area contributed by atoms with E-state index in [1.807, 2.05) is 0 Å². The first-order valence-electron chi connectivity index (χ1n) is 3.81. The van der Waals surface area contributed by atoms with Crippen LogP contribution in [0.4, 0.5) is 0 Å². The lowest BCUT2D eigenvalue weighted by atomic mass is 9.82. The van der Waals surface area contributed by atoms with Gasteiger partial charge >= 0.3 is 5.97 Å². The van der Waals surface area contributed by atoms with E-state index in [1.54, 1.807) is 13.0 Å². The second-order valence-corrected chi connectivity index (χ2v) is 3.09. The van der Waals surface area contributed by atoms with E-state index in [0.29, 0.717) is 0 Å². The van der Waals surface area contributed by atoms with Crippen molar-refractivity contribution in [3.63, 3.8) is 0 Å². The number of carboxylic acid groups (broad SMARTS) is 1. The second-order valence-electron chi connectivity index (χ2n) is 3.09. The first-order valence-corrected chi connectivity index (χ1v) is 3.81. The van der Waals surface area contributed by atoms with Crippen molar-refractivity contribution in [3.8, 4) is 0 Å². The molecular weight excluding hydrogens is 160 g/mol. The first-order chi connectivity index (χ1) is 5.54. The number of carboxylic acids is 1. The summed E-state index contributed by atoms with van der Waals surface area (Å²) in [6.45, 7) is 1.70. The standard InChI is InChI=1S/C8H12O4/c1-4-2-3-5(9)7(10)6(4)8(11)12/h2-7,9-10H,1H3,(H,11,12). The highest BCUT2D eigenvalue weighted by molar-refractivity contribution is 5.71. The largest absolute Gasteiger partial charge is 0.481 e. The van der Waals surface area contributed by atoms with Crippen LogP contribution in [0.15, 0.2) is 12.2 Å². The molecule has 0 aromatic carbocycles. The molecule has 68 valence electrons. The summed E-state index contributed by atoms with van der Waals surface area (Å²) in [5, 5.41) is 27.1. The molecule has 0 aliphatic heterocycles. The number of allylic oxidation sites excluding steroid dienone is 1. The number of aliphatic hydroxyl groups excluding tert-OH is 2. The number of aliphatic carboxylic acids is 1. The Morgan fingerprint density at radius 2 is 1.92 bits per heavy atom. The summed E-state index contributed by atoms with van der Waals surface area (Å²) in [7, 11) is 0. The molecule has 12 heavy (non-hydrogen) atoms. The Morgan fingerprint density at radius 3 is 2.33 bits per heavy atom. The summed E-state index contributed by atoms with van der Waals surface area (Å²) < 4.78 is 0. The van der Waals surface area contributed by atoms with Crippen LogP contribution < -0.4 is 0 Å². The van der Waals surface area contributed by atoms with Crippen molar-refractivity contribution < 1.29 is 20.1 Å². The van der Waals surface area contributed by atoms with E-state index in [2.05, 4.69) is 0 Å². The van der Waals surface area contributed by atoms with E-state index in [1.165, 1.54) is 6.08 Å². The van der Waals surface area contributed by atoms with Gasteiger partial charge in [-0.05, 0) is 5.92 Å². The third kappa shape index (κ3) is 1.49. The molecule has 0 spiro atoms. The van der Waals surface area contributed by atoms with E-state index < -0.39 is 24.1 Å². The molecule has 4 nitrogen and oxygen atoms in total. The highest BCUT2D eigenvalue weighted by atomic mass is 16.4. The lowest BCUT2D eigenvalue weighted by Gasteiger charge is -2.29.